The molecule has 0 heteroatoms. The van der Waals surface area contributed by atoms with Crippen molar-refractivity contribution in [1.82, 2.24) is 0 Å². The molecule has 0 rings (SSSR count). The van der Waals surface area contributed by atoms with Gasteiger partial charge in [-0.1, -0.05) is 117 Å². The maximum atomic E-state index is 2.12. The van der Waals surface area contributed by atoms with Gasteiger partial charge >= 0.3 is 0 Å². The Balaban J connectivity index is -0.00000000914. The Hall–Kier alpha value is 0. The predicted molar refractivity (Wildman–Crippen MR) is 95.4 cm³/mol. The van der Waals surface area contributed by atoms with Gasteiger partial charge in [-0.25, -0.2) is 0 Å². The van der Waals surface area contributed by atoms with Gasteiger partial charge in [0.1, 0.15) is 0 Å². The van der Waals surface area contributed by atoms with Crippen LogP contribution < -0.4 is 0 Å². The molecule has 0 fully saturated rings. The third kappa shape index (κ3) is 0. The van der Waals surface area contributed by atoms with E-state index >= 15 is 0 Å². The van der Waals surface area contributed by atoms with Crippen LogP contribution in [0, 0.1) is 0 Å². The molecular weight excluding hydrogens is 204 g/mol. The molecule has 0 spiro atoms. The highest BCUT2D eigenvalue weighted by molar-refractivity contribution is 3.92. The monoisotopic (exact) mass is 254 g/mol. The predicted octanol–water partition coefficient (Wildman–Crippen LogP) is 8.60. The zero-order valence-corrected chi connectivity index (χ0v) is 16.7. The van der Waals surface area contributed by atoms with Crippen LogP contribution in [0.5, 0.6) is 0 Å². The summed E-state index contributed by atoms with van der Waals surface area (Å²) in [5.74, 6) is 0. The quantitative estimate of drug-likeness (QED) is 0.406. The lowest BCUT2D eigenvalue weighted by atomic mass is 10.6. The third-order valence-corrected chi connectivity index (χ3v) is 0. The Morgan fingerprint density at radius 1 is 0.294 bits per heavy atom. The summed E-state index contributed by atoms with van der Waals surface area (Å²) in [6.07, 6.45) is 1.25. The molecule has 0 amide bonds. The van der Waals surface area contributed by atoms with Crippen molar-refractivity contribution in [2.24, 2.45) is 0 Å². The first-order valence-electron chi connectivity index (χ1n) is 8.41. The van der Waals surface area contributed by atoms with Gasteiger partial charge in [-0.3, -0.25) is 0 Å². The molecule has 0 saturated heterocycles. The number of rotatable bonds is 0. The summed E-state index contributed by atoms with van der Waals surface area (Å²) in [7, 11) is 0. The lowest BCUT2D eigenvalue weighted by molar-refractivity contribution is 1.09. The van der Waals surface area contributed by atoms with Gasteiger partial charge in [0.05, 0.1) is 0 Å². The normalized spacial score (nSPS) is 3.53. The van der Waals surface area contributed by atoms with E-state index in [1.807, 2.05) is 96.9 Å². The topological polar surface area (TPSA) is 0 Å². The highest BCUT2D eigenvalue weighted by Gasteiger charge is 1.35. The molecule has 0 radical (unpaired) electrons. The van der Waals surface area contributed by atoms with E-state index in [4.69, 9.17) is 0 Å². The van der Waals surface area contributed by atoms with Crippen molar-refractivity contribution in [3.8, 4) is 0 Å². The van der Waals surface area contributed by atoms with Gasteiger partial charge in [-0.2, -0.15) is 0 Å². The van der Waals surface area contributed by atoms with E-state index in [2.05, 4.69) is 13.8 Å². The maximum Gasteiger partial charge on any atom is -0.0590 e. The highest BCUT2D eigenvalue weighted by Crippen LogP contribution is 1.56. The minimum atomic E-state index is 1.25. The number of hydrogen-bond donors (Lipinski definition) is 0. The molecule has 17 heavy (non-hydrogen) atoms. The molecule has 0 unspecified atom stereocenters. The second-order valence-electron chi connectivity index (χ2n) is 0.707. The first-order valence-corrected chi connectivity index (χ1v) is 8.41. The fourth-order valence-corrected chi connectivity index (χ4v) is 0. The molecule has 0 nitrogen and oxygen atoms in total. The molecule has 0 aliphatic carbocycles. The highest BCUT2D eigenvalue weighted by atomic mass is 13.4. The van der Waals surface area contributed by atoms with E-state index in [1.54, 1.807) is 0 Å². The Kier molecular flexibility index (Phi) is 11400. The minimum absolute atomic E-state index is 1.25. The lowest BCUT2D eigenvalue weighted by Gasteiger charge is -1.48. The summed E-state index contributed by atoms with van der Waals surface area (Å²) in [6, 6.07) is 0. The largest absolute Gasteiger partial charge is 0.0683 e. The molecule has 0 aliphatic rings. The van der Waals surface area contributed by atoms with Crippen LogP contribution in [0.1, 0.15) is 117 Å². The zero-order valence-electron chi connectivity index (χ0n) is 16.7. The molecule has 0 aromatic rings. The van der Waals surface area contributed by atoms with Gasteiger partial charge in [0.25, 0.3) is 0 Å². The van der Waals surface area contributed by atoms with Crippen LogP contribution in [-0.2, 0) is 0 Å². The van der Waals surface area contributed by atoms with Crippen molar-refractivity contribution in [3.05, 3.63) is 0 Å². The molecule has 0 aromatic heterocycles. The van der Waals surface area contributed by atoms with Gasteiger partial charge < -0.3 is 0 Å². The van der Waals surface area contributed by atoms with Crippen LogP contribution >= 0.6 is 0 Å². The molecule has 0 N–H and O–H groups in total. The Labute approximate surface area is 118 Å². The van der Waals surface area contributed by atoms with Crippen molar-refractivity contribution < 1.29 is 0 Å². The third-order valence-electron chi connectivity index (χ3n) is 0. The summed E-state index contributed by atoms with van der Waals surface area (Å²) in [5, 5.41) is 0. The van der Waals surface area contributed by atoms with Gasteiger partial charge in [-0.15, -0.1) is 0 Å². The van der Waals surface area contributed by atoms with E-state index < -0.39 is 0 Å². The van der Waals surface area contributed by atoms with E-state index in [0.717, 1.165) is 0 Å². The molecule has 0 aromatic carbocycles. The van der Waals surface area contributed by atoms with Crippen LogP contribution in [0.2, 0.25) is 0 Å². The average molecular weight is 255 g/mol. The summed E-state index contributed by atoms with van der Waals surface area (Å²) in [5.41, 5.74) is 0. The standard InChI is InChI=1S/C3H8.7C2H6/c1-3-2;7*1-2/h3H2,1-2H3;7*1-2H3. The van der Waals surface area contributed by atoms with Crippen molar-refractivity contribution in [3.63, 3.8) is 0 Å². The Morgan fingerprint density at radius 3 is 0.294 bits per heavy atom. The second kappa shape index (κ2) is 3600. The molecule has 0 aliphatic heterocycles. The van der Waals surface area contributed by atoms with Crippen LogP contribution in [0.4, 0.5) is 0 Å². The van der Waals surface area contributed by atoms with Crippen LogP contribution in [0.15, 0.2) is 0 Å². The van der Waals surface area contributed by atoms with Crippen LogP contribution in [-0.4, -0.2) is 0 Å². The number of hydrogen-bond acceptors (Lipinski definition) is 0. The lowest BCUT2D eigenvalue weighted by Crippen LogP contribution is -1.27. The minimum Gasteiger partial charge on any atom is -0.0683 e. The first kappa shape index (κ1) is 53.7. The molecule has 0 atom stereocenters. The second-order valence-corrected chi connectivity index (χ2v) is 0.707. The van der Waals surface area contributed by atoms with Crippen molar-refractivity contribution in [1.29, 1.82) is 0 Å². The van der Waals surface area contributed by atoms with Crippen LogP contribution in [0.3, 0.4) is 0 Å². The van der Waals surface area contributed by atoms with Gasteiger partial charge in [0.15, 0.2) is 0 Å². The average Bonchev–Trinajstić information content (AvgIpc) is 2.53. The fourth-order valence-electron chi connectivity index (χ4n) is 0. The van der Waals surface area contributed by atoms with E-state index in [9.17, 15) is 0 Å². The van der Waals surface area contributed by atoms with Gasteiger partial charge in [0.2, 0.25) is 0 Å². The molecule has 0 heterocycles. The molecular formula is C17H50. The van der Waals surface area contributed by atoms with Crippen molar-refractivity contribution >= 4 is 0 Å². The maximum absolute atomic E-state index is 2.12. The molecule has 118 valence electrons. The fraction of sp³-hybridized carbons (Fsp3) is 1.00. The van der Waals surface area contributed by atoms with Crippen LogP contribution in [0.25, 0.3) is 0 Å². The smallest absolute Gasteiger partial charge is 0.0590 e. The summed E-state index contributed by atoms with van der Waals surface area (Å²) >= 11 is 0. The summed E-state index contributed by atoms with van der Waals surface area (Å²) in [6.45, 7) is 32.2. The summed E-state index contributed by atoms with van der Waals surface area (Å²) in [4.78, 5) is 0. The van der Waals surface area contributed by atoms with Crippen molar-refractivity contribution in [2.75, 3.05) is 0 Å². The zero-order chi connectivity index (χ0) is 16.7. The van der Waals surface area contributed by atoms with Crippen molar-refractivity contribution in [2.45, 2.75) is 117 Å². The van der Waals surface area contributed by atoms with E-state index in [0.29, 0.717) is 0 Å². The van der Waals surface area contributed by atoms with Gasteiger partial charge in [-0.05, 0) is 0 Å². The van der Waals surface area contributed by atoms with Gasteiger partial charge in [0, 0.05) is 0 Å². The molecule has 0 bridgehead atoms. The Bertz CT molecular complexity index is 0. The first-order chi connectivity index (χ1) is 8.41. The van der Waals surface area contributed by atoms with E-state index in [-0.39, 0.29) is 0 Å². The summed E-state index contributed by atoms with van der Waals surface area (Å²) < 4.78 is 0. The van der Waals surface area contributed by atoms with E-state index in [1.165, 1.54) is 6.42 Å². The Morgan fingerprint density at radius 2 is 0.294 bits per heavy atom. The molecule has 0 saturated carbocycles. The SMILES string of the molecule is CC.CC.CC.CC.CC.CC.CC.CCC.